The summed E-state index contributed by atoms with van der Waals surface area (Å²) in [6, 6.07) is 0.319. The maximum atomic E-state index is 5.94. The molecule has 1 aromatic rings. The summed E-state index contributed by atoms with van der Waals surface area (Å²) >= 11 is 0. The van der Waals surface area contributed by atoms with Crippen molar-refractivity contribution < 1.29 is 0 Å². The number of nitrogens with zero attached hydrogens (tertiary/aromatic N) is 3. The zero-order valence-electron chi connectivity index (χ0n) is 10.5. The van der Waals surface area contributed by atoms with Crippen molar-refractivity contribution in [1.29, 1.82) is 0 Å². The first kappa shape index (κ1) is 11.6. The van der Waals surface area contributed by atoms with Gasteiger partial charge in [0.25, 0.3) is 0 Å². The van der Waals surface area contributed by atoms with Gasteiger partial charge in [0, 0.05) is 37.4 Å². The van der Waals surface area contributed by atoms with E-state index in [2.05, 4.69) is 23.8 Å². The van der Waals surface area contributed by atoms with E-state index in [0.29, 0.717) is 12.0 Å². The van der Waals surface area contributed by atoms with Crippen molar-refractivity contribution in [2.45, 2.75) is 32.9 Å². The Bertz CT molecular complexity index is 356. The summed E-state index contributed by atoms with van der Waals surface area (Å²) in [7, 11) is 1.99. The molecule has 1 aromatic heterocycles. The van der Waals surface area contributed by atoms with Crippen molar-refractivity contribution in [2.24, 2.45) is 18.7 Å². The van der Waals surface area contributed by atoms with Gasteiger partial charge in [0.1, 0.15) is 0 Å². The second kappa shape index (κ2) is 4.55. The summed E-state index contributed by atoms with van der Waals surface area (Å²) in [4.78, 5) is 2.48. The minimum atomic E-state index is 0.319. The van der Waals surface area contributed by atoms with E-state index in [4.69, 9.17) is 5.73 Å². The number of aryl methyl sites for hydroxylation is 1. The summed E-state index contributed by atoms with van der Waals surface area (Å²) in [6.07, 6.45) is 3.21. The number of aromatic nitrogens is 2. The van der Waals surface area contributed by atoms with Crippen LogP contribution in [0.4, 0.5) is 0 Å². The SMILES string of the molecule is Cc1c(CN2CCC(C(C)N)C2)cnn1C. The molecule has 1 fully saturated rings. The van der Waals surface area contributed by atoms with Crippen LogP contribution < -0.4 is 5.73 Å². The molecule has 0 saturated carbocycles. The Kier molecular flexibility index (Phi) is 3.30. The molecule has 4 heteroatoms. The molecule has 2 heterocycles. The average molecular weight is 222 g/mol. The molecule has 2 rings (SSSR count). The van der Waals surface area contributed by atoms with Gasteiger partial charge in [-0.3, -0.25) is 9.58 Å². The number of hydrogen-bond donors (Lipinski definition) is 1. The lowest BCUT2D eigenvalue weighted by molar-refractivity contribution is 0.308. The molecule has 2 atom stereocenters. The van der Waals surface area contributed by atoms with Crippen LogP contribution in [-0.4, -0.2) is 33.8 Å². The van der Waals surface area contributed by atoms with E-state index in [0.717, 1.165) is 13.1 Å². The predicted octanol–water partition coefficient (Wildman–Crippen LogP) is 0.898. The molecule has 2 unspecified atom stereocenters. The maximum absolute atomic E-state index is 5.94. The Labute approximate surface area is 97.4 Å². The Morgan fingerprint density at radius 2 is 2.38 bits per heavy atom. The maximum Gasteiger partial charge on any atom is 0.0537 e. The highest BCUT2D eigenvalue weighted by Crippen LogP contribution is 2.21. The lowest BCUT2D eigenvalue weighted by Crippen LogP contribution is -2.29. The van der Waals surface area contributed by atoms with Gasteiger partial charge in [-0.1, -0.05) is 0 Å². The van der Waals surface area contributed by atoms with Crippen LogP contribution in [-0.2, 0) is 13.6 Å². The topological polar surface area (TPSA) is 47.1 Å². The van der Waals surface area contributed by atoms with Crippen molar-refractivity contribution in [3.63, 3.8) is 0 Å². The second-order valence-corrected chi connectivity index (χ2v) is 5.02. The molecule has 0 aliphatic carbocycles. The van der Waals surface area contributed by atoms with Crippen LogP contribution in [0.5, 0.6) is 0 Å². The third kappa shape index (κ3) is 2.28. The summed E-state index contributed by atoms with van der Waals surface area (Å²) in [6.45, 7) is 7.56. The average Bonchev–Trinajstić information content (AvgIpc) is 2.81. The fourth-order valence-corrected chi connectivity index (χ4v) is 2.38. The van der Waals surface area contributed by atoms with Crippen molar-refractivity contribution in [3.05, 3.63) is 17.5 Å². The van der Waals surface area contributed by atoms with Crippen LogP contribution >= 0.6 is 0 Å². The van der Waals surface area contributed by atoms with Gasteiger partial charge < -0.3 is 5.73 Å². The van der Waals surface area contributed by atoms with Crippen LogP contribution in [0, 0.1) is 12.8 Å². The minimum Gasteiger partial charge on any atom is -0.328 e. The van der Waals surface area contributed by atoms with E-state index in [1.807, 2.05) is 17.9 Å². The molecule has 4 nitrogen and oxygen atoms in total. The molecule has 0 aromatic carbocycles. The predicted molar refractivity (Wildman–Crippen MR) is 65.0 cm³/mol. The highest BCUT2D eigenvalue weighted by molar-refractivity contribution is 5.15. The van der Waals surface area contributed by atoms with Crippen molar-refractivity contribution in [3.8, 4) is 0 Å². The van der Waals surface area contributed by atoms with Crippen LogP contribution in [0.25, 0.3) is 0 Å². The van der Waals surface area contributed by atoms with Crippen LogP contribution in [0.2, 0.25) is 0 Å². The van der Waals surface area contributed by atoms with E-state index < -0.39 is 0 Å². The first-order valence-corrected chi connectivity index (χ1v) is 6.03. The molecule has 0 bridgehead atoms. The molecular weight excluding hydrogens is 200 g/mol. The smallest absolute Gasteiger partial charge is 0.0537 e. The molecule has 0 amide bonds. The quantitative estimate of drug-likeness (QED) is 0.826. The summed E-state index contributed by atoms with van der Waals surface area (Å²) in [5, 5.41) is 4.28. The Hall–Kier alpha value is -0.870. The first-order valence-electron chi connectivity index (χ1n) is 6.03. The lowest BCUT2D eigenvalue weighted by Gasteiger charge is -2.17. The Balaban J connectivity index is 1.94. The molecular formula is C12H22N4. The van der Waals surface area contributed by atoms with Gasteiger partial charge in [-0.15, -0.1) is 0 Å². The van der Waals surface area contributed by atoms with Crippen molar-refractivity contribution >= 4 is 0 Å². The normalized spacial score (nSPS) is 23.9. The number of likely N-dealkylation sites (tertiary alicyclic amines) is 1. The van der Waals surface area contributed by atoms with E-state index in [1.165, 1.54) is 24.2 Å². The third-order valence-electron chi connectivity index (χ3n) is 3.78. The first-order chi connectivity index (χ1) is 7.58. The van der Waals surface area contributed by atoms with E-state index >= 15 is 0 Å². The zero-order chi connectivity index (χ0) is 11.7. The van der Waals surface area contributed by atoms with Crippen LogP contribution in [0.15, 0.2) is 6.20 Å². The minimum absolute atomic E-state index is 0.319. The van der Waals surface area contributed by atoms with Gasteiger partial charge in [-0.2, -0.15) is 5.10 Å². The van der Waals surface area contributed by atoms with Crippen LogP contribution in [0.1, 0.15) is 24.6 Å². The molecule has 2 N–H and O–H groups in total. The lowest BCUT2D eigenvalue weighted by atomic mass is 10.0. The summed E-state index contributed by atoms with van der Waals surface area (Å²) in [5.74, 6) is 0.664. The fraction of sp³-hybridized carbons (Fsp3) is 0.750. The van der Waals surface area contributed by atoms with E-state index in [-0.39, 0.29) is 0 Å². The molecule has 0 spiro atoms. The zero-order valence-corrected chi connectivity index (χ0v) is 10.5. The highest BCUT2D eigenvalue weighted by Gasteiger charge is 2.25. The monoisotopic (exact) mass is 222 g/mol. The summed E-state index contributed by atoms with van der Waals surface area (Å²) in [5.41, 5.74) is 8.55. The molecule has 16 heavy (non-hydrogen) atoms. The van der Waals surface area contributed by atoms with Gasteiger partial charge in [0.15, 0.2) is 0 Å². The largest absolute Gasteiger partial charge is 0.328 e. The van der Waals surface area contributed by atoms with E-state index in [9.17, 15) is 0 Å². The second-order valence-electron chi connectivity index (χ2n) is 5.02. The van der Waals surface area contributed by atoms with Gasteiger partial charge in [-0.05, 0) is 32.7 Å². The molecule has 1 aliphatic heterocycles. The van der Waals surface area contributed by atoms with Gasteiger partial charge in [0.2, 0.25) is 0 Å². The number of nitrogens with two attached hydrogens (primary N) is 1. The fourth-order valence-electron chi connectivity index (χ4n) is 2.38. The number of hydrogen-bond acceptors (Lipinski definition) is 3. The molecule has 1 aliphatic rings. The van der Waals surface area contributed by atoms with Crippen LogP contribution in [0.3, 0.4) is 0 Å². The van der Waals surface area contributed by atoms with Gasteiger partial charge >= 0.3 is 0 Å². The number of rotatable bonds is 3. The standard InChI is InChI=1S/C12H22N4/c1-9(13)11-4-5-16(7-11)8-12-6-14-15(3)10(12)2/h6,9,11H,4-5,7-8,13H2,1-3H3. The highest BCUT2D eigenvalue weighted by atomic mass is 15.3. The molecule has 90 valence electrons. The summed E-state index contributed by atoms with van der Waals surface area (Å²) < 4.78 is 1.94. The third-order valence-corrected chi connectivity index (χ3v) is 3.78. The van der Waals surface area contributed by atoms with E-state index in [1.54, 1.807) is 0 Å². The van der Waals surface area contributed by atoms with Crippen molar-refractivity contribution in [1.82, 2.24) is 14.7 Å². The molecule has 1 saturated heterocycles. The van der Waals surface area contributed by atoms with Gasteiger partial charge in [0.05, 0.1) is 6.20 Å². The van der Waals surface area contributed by atoms with Crippen molar-refractivity contribution in [2.75, 3.05) is 13.1 Å². The molecule has 0 radical (unpaired) electrons. The Morgan fingerprint density at radius 1 is 1.62 bits per heavy atom. The van der Waals surface area contributed by atoms with Gasteiger partial charge in [-0.25, -0.2) is 0 Å². The Morgan fingerprint density at radius 3 is 2.88 bits per heavy atom.